The Hall–Kier alpha value is -4.21. The number of anilines is 1. The van der Waals surface area contributed by atoms with E-state index in [0.29, 0.717) is 43.2 Å². The van der Waals surface area contributed by atoms with Crippen molar-refractivity contribution in [2.45, 2.75) is 111 Å². The second kappa shape index (κ2) is 17.5. The predicted octanol–water partition coefficient (Wildman–Crippen LogP) is 7.10. The van der Waals surface area contributed by atoms with Crippen molar-refractivity contribution in [2.24, 2.45) is 4.99 Å². The van der Waals surface area contributed by atoms with Gasteiger partial charge in [0.05, 0.1) is 43.0 Å². The molecule has 0 saturated heterocycles. The van der Waals surface area contributed by atoms with E-state index in [-0.39, 0.29) is 84.5 Å². The fourth-order valence-electron chi connectivity index (χ4n) is 9.21. The van der Waals surface area contributed by atoms with E-state index in [1.165, 1.54) is 18.2 Å². The number of ether oxygens (including phenoxy) is 1. The van der Waals surface area contributed by atoms with Crippen LogP contribution in [0.1, 0.15) is 118 Å². The van der Waals surface area contributed by atoms with Crippen LogP contribution in [0, 0.1) is 0 Å². The molecule has 0 fully saturated rings. The Kier molecular flexibility index (Phi) is 13.1. The van der Waals surface area contributed by atoms with Crippen molar-refractivity contribution >= 4 is 102 Å². The predicted molar refractivity (Wildman–Crippen MR) is 245 cm³/mol. The van der Waals surface area contributed by atoms with Gasteiger partial charge in [-0.25, -0.2) is 4.79 Å². The molecule has 65 heavy (non-hydrogen) atoms. The number of carboxylic acid groups (broad SMARTS) is 1. The van der Waals surface area contributed by atoms with Crippen LogP contribution in [0.15, 0.2) is 44.0 Å². The van der Waals surface area contributed by atoms with E-state index in [4.69, 9.17) is 44.5 Å². The SMILES string of the molecule is CC1CC(C)(C)Nc2c1cc1c(c2S(=O)(=O)O)Oc2c(S(=O)(=O)O)c3c(cc2=C1c1c(Cl)c(SCC(=O)NCCCCCN2C(=O)C=CC2=O)c(Cl)c(Cl)c1C(=O)O)C(C)CC(C)(C)N=3. The molecule has 0 spiro atoms. The first-order valence-electron chi connectivity index (χ1n) is 20.4. The average molecular weight is 1010 g/mol. The maximum Gasteiger partial charge on any atom is 0.337 e. The maximum absolute atomic E-state index is 13.7. The number of hydrogen-bond donors (Lipinski definition) is 5. The molecule has 4 aliphatic heterocycles. The fraction of sp³-hybridized carbons (Fsp3) is 0.419. The summed E-state index contributed by atoms with van der Waals surface area (Å²) in [5, 5.41) is 15.3. The molecule has 0 radical (unpaired) electrons. The molecule has 3 amide bonds. The number of amides is 3. The van der Waals surface area contributed by atoms with Gasteiger partial charge in [0.1, 0.15) is 0 Å². The first-order chi connectivity index (χ1) is 30.1. The van der Waals surface area contributed by atoms with E-state index in [0.717, 1.165) is 16.7 Å². The molecule has 0 aliphatic carbocycles. The van der Waals surface area contributed by atoms with Gasteiger partial charge in [-0.2, -0.15) is 16.8 Å². The summed E-state index contributed by atoms with van der Waals surface area (Å²) in [5.41, 5.74) is -2.23. The Morgan fingerprint density at radius 3 is 2.14 bits per heavy atom. The molecule has 22 heteroatoms. The average Bonchev–Trinajstić information content (AvgIpc) is 3.49. The number of nitrogens with zero attached hydrogens (tertiary/aromatic N) is 2. The number of fused-ring (bicyclic) bond motifs is 4. The zero-order valence-corrected chi connectivity index (χ0v) is 40.6. The second-order valence-electron chi connectivity index (χ2n) is 17.8. The number of unbranched alkanes of at least 4 members (excludes halogenated alkanes) is 2. The molecule has 0 aromatic heterocycles. The van der Waals surface area contributed by atoms with Crippen LogP contribution >= 0.6 is 46.6 Å². The van der Waals surface area contributed by atoms with E-state index < -0.39 is 81.0 Å². The van der Waals surface area contributed by atoms with Crippen molar-refractivity contribution in [1.29, 1.82) is 0 Å². The van der Waals surface area contributed by atoms with Crippen LogP contribution in [-0.2, 0) is 34.6 Å². The minimum Gasteiger partial charge on any atom is -0.478 e. The molecule has 2 unspecified atom stereocenters. The number of carbonyl (C=O) groups excluding carboxylic acids is 3. The Morgan fingerprint density at radius 2 is 1.52 bits per heavy atom. The summed E-state index contributed by atoms with van der Waals surface area (Å²) in [5.74, 6) is -5.18. The van der Waals surface area contributed by atoms with E-state index in [9.17, 15) is 50.2 Å². The van der Waals surface area contributed by atoms with Gasteiger partial charge in [0.15, 0.2) is 21.3 Å². The number of halogens is 3. The minimum absolute atomic E-state index is 0.0429. The molecule has 16 nitrogen and oxygen atoms in total. The number of hydrogen-bond acceptors (Lipinski definition) is 12. The highest BCUT2D eigenvalue weighted by Gasteiger charge is 2.43. The normalized spacial score (nSPS) is 19.4. The molecule has 7 rings (SSSR count). The third-order valence-electron chi connectivity index (χ3n) is 11.7. The molecule has 3 aromatic carbocycles. The molecule has 2 atom stereocenters. The number of rotatable bonds is 13. The highest BCUT2D eigenvalue weighted by Crippen LogP contribution is 2.54. The van der Waals surface area contributed by atoms with Crippen LogP contribution in [0.4, 0.5) is 5.69 Å². The van der Waals surface area contributed by atoms with Crippen LogP contribution < -0.4 is 25.9 Å². The van der Waals surface area contributed by atoms with Crippen LogP contribution in [0.3, 0.4) is 0 Å². The van der Waals surface area contributed by atoms with Crippen LogP contribution in [0.25, 0.3) is 5.57 Å². The molecule has 5 N–H and O–H groups in total. The van der Waals surface area contributed by atoms with Crippen molar-refractivity contribution in [2.75, 3.05) is 24.2 Å². The first-order valence-corrected chi connectivity index (χ1v) is 25.4. The maximum atomic E-state index is 13.7. The van der Waals surface area contributed by atoms with Crippen molar-refractivity contribution in [3.63, 3.8) is 0 Å². The highest BCUT2D eigenvalue weighted by molar-refractivity contribution is 8.00. The summed E-state index contributed by atoms with van der Waals surface area (Å²) in [7, 11) is -10.6. The van der Waals surface area contributed by atoms with Crippen molar-refractivity contribution in [1.82, 2.24) is 10.2 Å². The van der Waals surface area contributed by atoms with E-state index in [2.05, 4.69) is 10.6 Å². The van der Waals surface area contributed by atoms with Crippen molar-refractivity contribution < 1.29 is 55.0 Å². The van der Waals surface area contributed by atoms with Crippen LogP contribution in [0.2, 0.25) is 15.1 Å². The number of imide groups is 1. The Bertz CT molecular complexity index is 3010. The third kappa shape index (κ3) is 9.27. The van der Waals surface area contributed by atoms with Crippen molar-refractivity contribution in [3.8, 4) is 11.5 Å². The Morgan fingerprint density at radius 1 is 0.892 bits per heavy atom. The number of carbonyl (C=O) groups is 4. The summed E-state index contributed by atoms with van der Waals surface area (Å²) in [6, 6.07) is 3.08. The smallest absolute Gasteiger partial charge is 0.337 e. The molecule has 0 saturated carbocycles. The summed E-state index contributed by atoms with van der Waals surface area (Å²) < 4.78 is 83.0. The molecular formula is C43H45Cl3N4O12S3. The van der Waals surface area contributed by atoms with Gasteiger partial charge in [-0.05, 0) is 94.9 Å². The van der Waals surface area contributed by atoms with Crippen molar-refractivity contribution in [3.05, 3.63) is 77.7 Å². The number of aromatic carboxylic acids is 1. The molecule has 348 valence electrons. The quantitative estimate of drug-likeness (QED) is 0.0295. The lowest BCUT2D eigenvalue weighted by Gasteiger charge is -2.40. The number of benzene rings is 3. The van der Waals surface area contributed by atoms with E-state index in [1.807, 2.05) is 27.7 Å². The second-order valence-corrected chi connectivity index (χ2v) is 22.7. The Balaban J connectivity index is 1.44. The lowest BCUT2D eigenvalue weighted by Crippen LogP contribution is -2.39. The van der Waals surface area contributed by atoms with Crippen LogP contribution in [0.5, 0.6) is 11.5 Å². The highest BCUT2D eigenvalue weighted by atomic mass is 35.5. The summed E-state index contributed by atoms with van der Waals surface area (Å²) in [4.78, 5) is 54.4. The monoisotopic (exact) mass is 1010 g/mol. The summed E-state index contributed by atoms with van der Waals surface area (Å²) in [6.07, 6.45) is 4.93. The summed E-state index contributed by atoms with van der Waals surface area (Å²) >= 11 is 21.7. The van der Waals surface area contributed by atoms with Gasteiger partial charge >= 0.3 is 5.97 Å². The van der Waals surface area contributed by atoms with Gasteiger partial charge in [-0.3, -0.25) is 33.4 Å². The minimum atomic E-state index is -5.30. The first kappa shape index (κ1) is 48.7. The Labute approximate surface area is 394 Å². The van der Waals surface area contributed by atoms with E-state index in [1.54, 1.807) is 19.9 Å². The van der Waals surface area contributed by atoms with E-state index >= 15 is 0 Å². The topological polar surface area (TPSA) is 246 Å². The number of carboxylic acids is 1. The largest absolute Gasteiger partial charge is 0.478 e. The molecule has 4 aliphatic rings. The third-order valence-corrected chi connectivity index (χ3v) is 16.1. The summed E-state index contributed by atoms with van der Waals surface area (Å²) in [6.45, 7) is 11.3. The van der Waals surface area contributed by atoms with Gasteiger partial charge < -0.3 is 20.5 Å². The molecule has 3 aromatic rings. The lowest BCUT2D eigenvalue weighted by molar-refractivity contribution is -0.136. The fourth-order valence-corrected chi connectivity index (χ4v) is 12.8. The standard InChI is InChI=1S/C43H45Cl3N4O12S3/c1-19-16-42(3,4)48-34-21(19)14-23-28(24-15-22-20(2)17-43(5,6)49-35(22)40(65(59,60)61)37(24)62-36(23)39(34)64(56,57)58)29-30(41(54)55)31(44)33(46)38(32(29)45)63-18-25(51)47-12-8-7-9-13-50-26(52)10-11-27(50)53/h10-11,14-15,19-20,48H,7-9,12-13,16-18H2,1-6H3,(H,47,51)(H,54,55)(H,56,57,58)(H,59,60,61). The zero-order valence-electron chi connectivity index (χ0n) is 35.9. The van der Waals surface area contributed by atoms with Gasteiger partial charge in [0, 0.05) is 57.6 Å². The van der Waals surface area contributed by atoms with Gasteiger partial charge in [-0.15, -0.1) is 11.8 Å². The zero-order chi connectivity index (χ0) is 47.9. The molecule has 0 bridgehead atoms. The van der Waals surface area contributed by atoms with Gasteiger partial charge in [0.25, 0.3) is 32.1 Å². The van der Waals surface area contributed by atoms with Gasteiger partial charge in [0.2, 0.25) is 5.91 Å². The number of thioether (sulfide) groups is 1. The number of nitrogens with one attached hydrogen (secondary N) is 2. The van der Waals surface area contributed by atoms with Crippen LogP contribution in [-0.4, -0.2) is 89.6 Å². The van der Waals surface area contributed by atoms with Gasteiger partial charge in [-0.1, -0.05) is 48.7 Å². The lowest BCUT2D eigenvalue weighted by atomic mass is 9.79. The molecule has 4 heterocycles. The molecular weight excluding hydrogens is 967 g/mol.